The highest BCUT2D eigenvalue weighted by Gasteiger charge is 2.40. The quantitative estimate of drug-likeness (QED) is 0.362. The average molecular weight is 422 g/mol. The van der Waals surface area contributed by atoms with E-state index in [-0.39, 0.29) is 23.8 Å². The van der Waals surface area contributed by atoms with E-state index in [1.165, 1.54) is 0 Å². The number of aliphatic hydroxyl groups excluding tert-OH is 1. The van der Waals surface area contributed by atoms with Crippen molar-refractivity contribution in [2.75, 3.05) is 0 Å². The van der Waals surface area contributed by atoms with Crippen molar-refractivity contribution in [1.82, 2.24) is 0 Å². The fourth-order valence-corrected chi connectivity index (χ4v) is 5.10. The van der Waals surface area contributed by atoms with Crippen molar-refractivity contribution >= 4 is 40.8 Å². The molecule has 0 saturated heterocycles. The Morgan fingerprint density at radius 2 is 1.65 bits per heavy atom. The van der Waals surface area contributed by atoms with Gasteiger partial charge in [-0.05, 0) is 67.7 Å². The SMILES string of the molecule is O=C(O)CCCCCC[C@H]1C(Cl)C[C@@H](O)[C@@H]1CCc1cc(Cl)cc(Cl)c1. The number of alkyl halides is 1. The first-order chi connectivity index (χ1) is 12.4. The van der Waals surface area contributed by atoms with Crippen LogP contribution in [0, 0.1) is 11.8 Å². The summed E-state index contributed by atoms with van der Waals surface area (Å²) in [5.41, 5.74) is 1.08. The van der Waals surface area contributed by atoms with Crippen LogP contribution in [0.3, 0.4) is 0 Å². The van der Waals surface area contributed by atoms with E-state index in [0.717, 1.165) is 50.5 Å². The first kappa shape index (κ1) is 21.8. The van der Waals surface area contributed by atoms with Gasteiger partial charge in [0, 0.05) is 21.8 Å². The van der Waals surface area contributed by atoms with Gasteiger partial charge in [-0.1, -0.05) is 42.5 Å². The van der Waals surface area contributed by atoms with Crippen molar-refractivity contribution in [1.29, 1.82) is 0 Å². The molecule has 1 fully saturated rings. The Morgan fingerprint density at radius 3 is 2.31 bits per heavy atom. The van der Waals surface area contributed by atoms with E-state index >= 15 is 0 Å². The molecule has 1 aliphatic carbocycles. The molecule has 6 heteroatoms. The second kappa shape index (κ2) is 10.8. The summed E-state index contributed by atoms with van der Waals surface area (Å²) in [6.45, 7) is 0. The normalized spacial score (nSPS) is 25.5. The molecule has 0 aromatic heterocycles. The van der Waals surface area contributed by atoms with Crippen LogP contribution in [-0.2, 0) is 11.2 Å². The van der Waals surface area contributed by atoms with Gasteiger partial charge in [0.05, 0.1) is 6.10 Å². The second-order valence-corrected chi connectivity index (χ2v) is 8.74. The molecule has 1 aromatic rings. The van der Waals surface area contributed by atoms with Crippen molar-refractivity contribution in [3.8, 4) is 0 Å². The summed E-state index contributed by atoms with van der Waals surface area (Å²) in [5.74, 6) is -0.235. The summed E-state index contributed by atoms with van der Waals surface area (Å²) < 4.78 is 0. The smallest absolute Gasteiger partial charge is 0.303 e. The summed E-state index contributed by atoms with van der Waals surface area (Å²) in [6, 6.07) is 5.56. The zero-order valence-corrected chi connectivity index (χ0v) is 17.1. The molecule has 0 amide bonds. The molecule has 0 radical (unpaired) electrons. The summed E-state index contributed by atoms with van der Waals surface area (Å²) in [7, 11) is 0. The number of hydrogen-bond donors (Lipinski definition) is 2. The van der Waals surface area contributed by atoms with Gasteiger partial charge in [0.1, 0.15) is 0 Å². The zero-order valence-electron chi connectivity index (χ0n) is 14.8. The van der Waals surface area contributed by atoms with E-state index in [1.807, 2.05) is 12.1 Å². The maximum Gasteiger partial charge on any atom is 0.303 e. The molecule has 0 bridgehead atoms. The lowest BCUT2D eigenvalue weighted by atomic mass is 9.85. The highest BCUT2D eigenvalue weighted by atomic mass is 35.5. The predicted molar refractivity (Wildman–Crippen MR) is 107 cm³/mol. The molecule has 0 spiro atoms. The maximum atomic E-state index is 10.5. The highest BCUT2D eigenvalue weighted by Crippen LogP contribution is 2.41. The highest BCUT2D eigenvalue weighted by molar-refractivity contribution is 6.34. The minimum absolute atomic E-state index is 0.0111. The van der Waals surface area contributed by atoms with Crippen LogP contribution in [0.25, 0.3) is 0 Å². The van der Waals surface area contributed by atoms with Crippen LogP contribution in [0.5, 0.6) is 0 Å². The number of unbranched alkanes of at least 4 members (excludes halogenated alkanes) is 3. The molecule has 2 rings (SSSR count). The molecule has 1 aromatic carbocycles. The molecule has 26 heavy (non-hydrogen) atoms. The fourth-order valence-electron chi connectivity index (χ4n) is 4.03. The fraction of sp³-hybridized carbons (Fsp3) is 0.650. The lowest BCUT2D eigenvalue weighted by Crippen LogP contribution is -2.21. The Hall–Kier alpha value is -0.480. The van der Waals surface area contributed by atoms with Gasteiger partial charge in [-0.2, -0.15) is 0 Å². The third-order valence-corrected chi connectivity index (χ3v) is 6.28. The molecule has 0 heterocycles. The molecule has 1 saturated carbocycles. The van der Waals surface area contributed by atoms with Crippen LogP contribution in [0.1, 0.15) is 56.9 Å². The lowest BCUT2D eigenvalue weighted by molar-refractivity contribution is -0.137. The Kier molecular flexibility index (Phi) is 9.02. The summed E-state index contributed by atoms with van der Waals surface area (Å²) in [5, 5.41) is 20.4. The number of hydrogen-bond acceptors (Lipinski definition) is 2. The largest absolute Gasteiger partial charge is 0.481 e. The first-order valence-corrected chi connectivity index (χ1v) is 10.5. The van der Waals surface area contributed by atoms with Gasteiger partial charge in [-0.3, -0.25) is 4.79 Å². The van der Waals surface area contributed by atoms with Gasteiger partial charge >= 0.3 is 5.97 Å². The van der Waals surface area contributed by atoms with Crippen LogP contribution >= 0.6 is 34.8 Å². The van der Waals surface area contributed by atoms with E-state index in [2.05, 4.69) is 0 Å². The minimum Gasteiger partial charge on any atom is -0.481 e. The Morgan fingerprint density at radius 1 is 1.00 bits per heavy atom. The van der Waals surface area contributed by atoms with Gasteiger partial charge in [-0.15, -0.1) is 11.6 Å². The van der Waals surface area contributed by atoms with E-state index in [4.69, 9.17) is 39.9 Å². The van der Waals surface area contributed by atoms with Crippen LogP contribution in [-0.4, -0.2) is 27.7 Å². The van der Waals surface area contributed by atoms with Crippen molar-refractivity contribution < 1.29 is 15.0 Å². The molecule has 1 unspecified atom stereocenters. The second-order valence-electron chi connectivity index (χ2n) is 7.31. The third-order valence-electron chi connectivity index (χ3n) is 5.34. The van der Waals surface area contributed by atoms with Crippen LogP contribution < -0.4 is 0 Å². The molecule has 1 aliphatic rings. The van der Waals surface area contributed by atoms with Crippen LogP contribution in [0.15, 0.2) is 18.2 Å². The van der Waals surface area contributed by atoms with E-state index < -0.39 is 5.97 Å². The van der Waals surface area contributed by atoms with Crippen LogP contribution in [0.4, 0.5) is 0 Å². The van der Waals surface area contributed by atoms with Gasteiger partial charge in [0.15, 0.2) is 0 Å². The molecule has 0 aliphatic heterocycles. The van der Waals surface area contributed by atoms with E-state index in [1.54, 1.807) is 6.07 Å². The number of rotatable bonds is 10. The molecular formula is C20H27Cl3O3. The maximum absolute atomic E-state index is 10.5. The number of carbonyl (C=O) groups is 1. The molecule has 4 atom stereocenters. The Balaban J connectivity index is 1.81. The Bertz CT molecular complexity index is 573. The van der Waals surface area contributed by atoms with Crippen molar-refractivity contribution in [3.05, 3.63) is 33.8 Å². The number of aliphatic hydroxyl groups is 1. The Labute approximate surface area is 170 Å². The lowest BCUT2D eigenvalue weighted by Gasteiger charge is -2.23. The van der Waals surface area contributed by atoms with Gasteiger partial charge < -0.3 is 10.2 Å². The van der Waals surface area contributed by atoms with Gasteiger partial charge in [0.2, 0.25) is 0 Å². The topological polar surface area (TPSA) is 57.5 Å². The first-order valence-electron chi connectivity index (χ1n) is 9.35. The van der Waals surface area contributed by atoms with Crippen molar-refractivity contribution in [2.24, 2.45) is 11.8 Å². The minimum atomic E-state index is -0.731. The number of benzene rings is 1. The third kappa shape index (κ3) is 6.92. The van der Waals surface area contributed by atoms with Crippen LogP contribution in [0.2, 0.25) is 10.0 Å². The number of aryl methyl sites for hydroxylation is 1. The summed E-state index contributed by atoms with van der Waals surface area (Å²) >= 11 is 18.6. The summed E-state index contributed by atoms with van der Waals surface area (Å²) in [4.78, 5) is 10.5. The molecule has 146 valence electrons. The standard InChI is InChI=1S/C20H27Cl3O3/c21-14-9-13(10-15(22)11-14)7-8-17-16(18(23)12-19(17)24)5-3-1-2-4-6-20(25)26/h9-11,16-19,24H,1-8,12H2,(H,25,26)/t16-,17-,18?,19-/m1/s1. The molecular weight excluding hydrogens is 395 g/mol. The van der Waals surface area contributed by atoms with E-state index in [9.17, 15) is 9.90 Å². The number of halogens is 3. The molecule has 2 N–H and O–H groups in total. The average Bonchev–Trinajstić information content (AvgIpc) is 2.81. The number of carboxylic acids is 1. The van der Waals surface area contributed by atoms with Gasteiger partial charge in [-0.25, -0.2) is 0 Å². The summed E-state index contributed by atoms with van der Waals surface area (Å²) in [6.07, 6.45) is 6.90. The van der Waals surface area contributed by atoms with Crippen molar-refractivity contribution in [2.45, 2.75) is 69.3 Å². The van der Waals surface area contributed by atoms with Gasteiger partial charge in [0.25, 0.3) is 0 Å². The number of aliphatic carboxylic acids is 1. The van der Waals surface area contributed by atoms with E-state index in [0.29, 0.717) is 22.4 Å². The number of carboxylic acid groups (broad SMARTS) is 1. The monoisotopic (exact) mass is 420 g/mol. The predicted octanol–water partition coefficient (Wildman–Crippen LogP) is 5.96. The van der Waals surface area contributed by atoms with Crippen molar-refractivity contribution in [3.63, 3.8) is 0 Å². The zero-order chi connectivity index (χ0) is 19.1. The molecule has 3 nitrogen and oxygen atoms in total.